The molecule has 3 heterocycles. The molecule has 5 nitrogen and oxygen atoms in total. The Morgan fingerprint density at radius 2 is 2.12 bits per heavy atom. The molecule has 0 aromatic carbocycles. The lowest BCUT2D eigenvalue weighted by Crippen LogP contribution is -2.28. The van der Waals surface area contributed by atoms with Crippen molar-refractivity contribution in [2.75, 3.05) is 23.7 Å². The van der Waals surface area contributed by atoms with Gasteiger partial charge < -0.3 is 10.6 Å². The van der Waals surface area contributed by atoms with Gasteiger partial charge in [0.1, 0.15) is 0 Å². The molecule has 0 aliphatic carbocycles. The lowest BCUT2D eigenvalue weighted by molar-refractivity contribution is 0.573. The highest BCUT2D eigenvalue weighted by molar-refractivity contribution is 8.13. The number of halogens is 1. The van der Waals surface area contributed by atoms with Gasteiger partial charge in [0.05, 0.1) is 18.4 Å². The minimum Gasteiger partial charge on any atom is -0.379 e. The van der Waals surface area contributed by atoms with Gasteiger partial charge in [-0.1, -0.05) is 11.8 Å². The zero-order valence-electron chi connectivity index (χ0n) is 9.08. The molecule has 1 aromatic heterocycles. The predicted octanol–water partition coefficient (Wildman–Crippen LogP) is 0.482. The number of nitrogens with two attached hydrogens (primary N) is 1. The van der Waals surface area contributed by atoms with Crippen LogP contribution in [-0.4, -0.2) is 40.0 Å². The monoisotopic (exact) mass is 253 g/mol. The summed E-state index contributed by atoms with van der Waals surface area (Å²) in [5, 5.41) is 0.660. The van der Waals surface area contributed by atoms with Crippen LogP contribution in [0.3, 0.4) is 0 Å². The second kappa shape index (κ2) is 4.14. The quantitative estimate of drug-likeness (QED) is 0.788. The Balaban J connectivity index is 1.78. The lowest BCUT2D eigenvalue weighted by Gasteiger charge is -2.18. The van der Waals surface area contributed by atoms with Crippen molar-refractivity contribution in [3.05, 3.63) is 18.2 Å². The zero-order valence-corrected chi connectivity index (χ0v) is 9.90. The van der Waals surface area contributed by atoms with E-state index in [1.165, 1.54) is 12.4 Å². The van der Waals surface area contributed by atoms with Gasteiger partial charge in [-0.05, 0) is 0 Å². The standard InChI is InChI=1S/C10H12FN5S/c11-7-1-13-10(14-2-7)16-3-6-5-17-9(12)15-8(6)4-16/h1-2,6,8H,3-5H2,(H2,12,15). The Hall–Kier alpha value is -1.37. The van der Waals surface area contributed by atoms with Crippen LogP contribution in [0.2, 0.25) is 0 Å². The van der Waals surface area contributed by atoms with E-state index in [1.807, 2.05) is 4.90 Å². The van der Waals surface area contributed by atoms with Gasteiger partial charge in [-0.2, -0.15) is 0 Å². The third-order valence-electron chi connectivity index (χ3n) is 3.03. The van der Waals surface area contributed by atoms with Gasteiger partial charge in [-0.3, -0.25) is 4.99 Å². The fraction of sp³-hybridized carbons (Fsp3) is 0.500. The largest absolute Gasteiger partial charge is 0.379 e. The number of fused-ring (bicyclic) bond motifs is 1. The molecule has 1 aromatic rings. The van der Waals surface area contributed by atoms with Gasteiger partial charge >= 0.3 is 0 Å². The topological polar surface area (TPSA) is 67.4 Å². The van der Waals surface area contributed by atoms with Crippen molar-refractivity contribution >= 4 is 22.9 Å². The van der Waals surface area contributed by atoms with Crippen LogP contribution in [0.5, 0.6) is 0 Å². The molecule has 1 fully saturated rings. The normalized spacial score (nSPS) is 27.8. The molecular weight excluding hydrogens is 241 g/mol. The fourth-order valence-electron chi connectivity index (χ4n) is 2.19. The van der Waals surface area contributed by atoms with Crippen LogP contribution in [0.15, 0.2) is 17.4 Å². The van der Waals surface area contributed by atoms with Crippen molar-refractivity contribution in [2.45, 2.75) is 6.04 Å². The van der Waals surface area contributed by atoms with Crippen molar-refractivity contribution in [2.24, 2.45) is 16.6 Å². The van der Waals surface area contributed by atoms with Crippen LogP contribution < -0.4 is 10.6 Å². The molecule has 0 spiro atoms. The van der Waals surface area contributed by atoms with E-state index < -0.39 is 5.82 Å². The van der Waals surface area contributed by atoms with Crippen LogP contribution in [0.1, 0.15) is 0 Å². The Kier molecular flexibility index (Phi) is 2.62. The van der Waals surface area contributed by atoms with Crippen LogP contribution in [0.25, 0.3) is 0 Å². The van der Waals surface area contributed by atoms with Crippen molar-refractivity contribution in [3.63, 3.8) is 0 Å². The van der Waals surface area contributed by atoms with Gasteiger partial charge in [0.2, 0.25) is 5.95 Å². The second-order valence-electron chi connectivity index (χ2n) is 4.21. The molecule has 2 aliphatic rings. The molecule has 3 rings (SSSR count). The number of aliphatic imine (C=N–C) groups is 1. The number of hydrogen-bond acceptors (Lipinski definition) is 6. The molecule has 0 amide bonds. The maximum atomic E-state index is 12.7. The third-order valence-corrected chi connectivity index (χ3v) is 4.03. The Bertz CT molecular complexity index is 449. The van der Waals surface area contributed by atoms with E-state index in [4.69, 9.17) is 5.73 Å². The predicted molar refractivity (Wildman–Crippen MR) is 65.6 cm³/mol. The summed E-state index contributed by atoms with van der Waals surface area (Å²) in [7, 11) is 0. The minimum atomic E-state index is -0.414. The van der Waals surface area contributed by atoms with Crippen LogP contribution >= 0.6 is 11.8 Å². The van der Waals surface area contributed by atoms with Gasteiger partial charge in [0, 0.05) is 24.8 Å². The highest BCUT2D eigenvalue weighted by Gasteiger charge is 2.36. The first-order chi connectivity index (χ1) is 8.22. The first kappa shape index (κ1) is 10.8. The maximum absolute atomic E-state index is 12.7. The number of amidine groups is 1. The van der Waals surface area contributed by atoms with E-state index >= 15 is 0 Å². The molecule has 7 heteroatoms. The highest BCUT2D eigenvalue weighted by Crippen LogP contribution is 2.29. The number of nitrogens with zero attached hydrogens (tertiary/aromatic N) is 4. The number of anilines is 1. The maximum Gasteiger partial charge on any atom is 0.225 e. The lowest BCUT2D eigenvalue weighted by atomic mass is 10.1. The number of hydrogen-bond donors (Lipinski definition) is 1. The minimum absolute atomic E-state index is 0.227. The summed E-state index contributed by atoms with van der Waals surface area (Å²) in [5.41, 5.74) is 5.71. The van der Waals surface area contributed by atoms with Gasteiger partial charge in [-0.15, -0.1) is 0 Å². The van der Waals surface area contributed by atoms with E-state index in [0.29, 0.717) is 17.0 Å². The van der Waals surface area contributed by atoms with E-state index in [2.05, 4.69) is 15.0 Å². The SMILES string of the molecule is NC1=NC2CN(c3ncc(F)cn3)CC2CS1. The summed E-state index contributed by atoms with van der Waals surface area (Å²) in [6.07, 6.45) is 2.38. The third kappa shape index (κ3) is 2.06. The van der Waals surface area contributed by atoms with Gasteiger partial charge in [0.25, 0.3) is 0 Å². The Morgan fingerprint density at radius 3 is 2.88 bits per heavy atom. The van der Waals surface area contributed by atoms with Crippen molar-refractivity contribution < 1.29 is 4.39 Å². The summed E-state index contributed by atoms with van der Waals surface area (Å²) in [4.78, 5) is 14.4. The highest BCUT2D eigenvalue weighted by atomic mass is 32.2. The average molecular weight is 253 g/mol. The number of thioether (sulfide) groups is 1. The van der Waals surface area contributed by atoms with Gasteiger partial charge in [0.15, 0.2) is 11.0 Å². The molecule has 0 radical (unpaired) electrons. The summed E-state index contributed by atoms with van der Waals surface area (Å²) < 4.78 is 12.7. The van der Waals surface area contributed by atoms with Crippen molar-refractivity contribution in [1.82, 2.24) is 9.97 Å². The molecule has 17 heavy (non-hydrogen) atoms. The molecule has 2 aliphatic heterocycles. The number of rotatable bonds is 1. The fourth-order valence-corrected chi connectivity index (χ4v) is 3.11. The van der Waals surface area contributed by atoms with Crippen molar-refractivity contribution in [3.8, 4) is 0 Å². The van der Waals surface area contributed by atoms with E-state index in [-0.39, 0.29) is 6.04 Å². The molecule has 1 saturated heterocycles. The first-order valence-corrected chi connectivity index (χ1v) is 6.39. The molecule has 0 bridgehead atoms. The Labute approximate surface area is 102 Å². The molecule has 0 saturated carbocycles. The van der Waals surface area contributed by atoms with E-state index in [0.717, 1.165) is 18.8 Å². The van der Waals surface area contributed by atoms with Crippen LogP contribution in [0.4, 0.5) is 10.3 Å². The molecule has 2 atom stereocenters. The van der Waals surface area contributed by atoms with Crippen LogP contribution in [-0.2, 0) is 0 Å². The summed E-state index contributed by atoms with van der Waals surface area (Å²) in [6.45, 7) is 1.62. The average Bonchev–Trinajstić information content (AvgIpc) is 2.72. The molecular formula is C10H12FN5S. The number of aromatic nitrogens is 2. The first-order valence-electron chi connectivity index (χ1n) is 5.41. The van der Waals surface area contributed by atoms with E-state index in [9.17, 15) is 4.39 Å². The summed E-state index contributed by atoms with van der Waals surface area (Å²) in [6, 6.07) is 0.227. The van der Waals surface area contributed by atoms with E-state index in [1.54, 1.807) is 11.8 Å². The Morgan fingerprint density at radius 1 is 1.35 bits per heavy atom. The summed E-state index contributed by atoms with van der Waals surface area (Å²) in [5.74, 6) is 1.63. The molecule has 90 valence electrons. The van der Waals surface area contributed by atoms with Crippen molar-refractivity contribution in [1.29, 1.82) is 0 Å². The zero-order chi connectivity index (χ0) is 11.8. The molecule has 2 N–H and O–H groups in total. The van der Waals surface area contributed by atoms with Crippen LogP contribution in [0, 0.1) is 11.7 Å². The smallest absolute Gasteiger partial charge is 0.225 e. The molecule has 2 unspecified atom stereocenters. The second-order valence-corrected chi connectivity index (χ2v) is 5.25. The van der Waals surface area contributed by atoms with Gasteiger partial charge in [-0.25, -0.2) is 14.4 Å². The summed E-state index contributed by atoms with van der Waals surface area (Å²) >= 11 is 1.59.